The molecule has 0 N–H and O–H groups in total. The number of hydrogen-bond donors (Lipinski definition) is 0. The minimum atomic E-state index is -0.594. The second-order valence-corrected chi connectivity index (χ2v) is 5.05. The van der Waals surface area contributed by atoms with E-state index < -0.39 is 5.60 Å². The first-order chi connectivity index (χ1) is 6.43. The predicted molar refractivity (Wildman–Crippen MR) is 57.3 cm³/mol. The standard InChI is InChI=1S/C12H22O2/c1-9(2)11(13)12(3,4)14-10-7-5-6-8-10/h9-10H,5-8H2,1-4H3. The number of ether oxygens (including phenoxy) is 1. The van der Waals surface area contributed by atoms with Crippen LogP contribution in [0.2, 0.25) is 0 Å². The molecule has 2 heteroatoms. The SMILES string of the molecule is CC(C)C(=O)C(C)(C)OC1CCCC1. The Morgan fingerprint density at radius 2 is 1.79 bits per heavy atom. The van der Waals surface area contributed by atoms with Gasteiger partial charge in [-0.15, -0.1) is 0 Å². The zero-order valence-corrected chi connectivity index (χ0v) is 9.80. The Balaban J connectivity index is 2.51. The van der Waals surface area contributed by atoms with Gasteiger partial charge in [0.25, 0.3) is 0 Å². The third-order valence-corrected chi connectivity index (χ3v) is 2.88. The van der Waals surface area contributed by atoms with Gasteiger partial charge < -0.3 is 4.74 Å². The first-order valence-corrected chi connectivity index (χ1v) is 5.65. The van der Waals surface area contributed by atoms with Crippen molar-refractivity contribution in [3.05, 3.63) is 0 Å². The summed E-state index contributed by atoms with van der Waals surface area (Å²) in [5.74, 6) is 0.274. The van der Waals surface area contributed by atoms with Crippen molar-refractivity contribution >= 4 is 5.78 Å². The minimum Gasteiger partial charge on any atom is -0.365 e. The van der Waals surface area contributed by atoms with Crippen LogP contribution >= 0.6 is 0 Å². The molecule has 1 rings (SSSR count). The van der Waals surface area contributed by atoms with Gasteiger partial charge in [-0.05, 0) is 26.7 Å². The summed E-state index contributed by atoms with van der Waals surface area (Å²) in [5, 5.41) is 0. The van der Waals surface area contributed by atoms with Crippen molar-refractivity contribution < 1.29 is 9.53 Å². The van der Waals surface area contributed by atoms with E-state index >= 15 is 0 Å². The Morgan fingerprint density at radius 1 is 1.29 bits per heavy atom. The monoisotopic (exact) mass is 198 g/mol. The lowest BCUT2D eigenvalue weighted by Gasteiger charge is -2.29. The number of Topliss-reactive ketones (excluding diaryl/α,β-unsaturated/α-hetero) is 1. The number of hydrogen-bond acceptors (Lipinski definition) is 2. The van der Waals surface area contributed by atoms with Gasteiger partial charge in [0.05, 0.1) is 6.10 Å². The fourth-order valence-electron chi connectivity index (χ4n) is 2.18. The Hall–Kier alpha value is -0.370. The van der Waals surface area contributed by atoms with Crippen LogP contribution in [0.5, 0.6) is 0 Å². The molecule has 1 fully saturated rings. The van der Waals surface area contributed by atoms with Gasteiger partial charge in [-0.1, -0.05) is 26.7 Å². The summed E-state index contributed by atoms with van der Waals surface area (Å²) < 4.78 is 5.87. The Labute approximate surface area is 87.0 Å². The van der Waals surface area contributed by atoms with Crippen LogP contribution in [0.1, 0.15) is 53.4 Å². The molecule has 0 spiro atoms. The number of rotatable bonds is 4. The van der Waals surface area contributed by atoms with E-state index in [2.05, 4.69) is 0 Å². The first kappa shape index (κ1) is 11.7. The second-order valence-electron chi connectivity index (χ2n) is 5.05. The smallest absolute Gasteiger partial charge is 0.166 e. The Morgan fingerprint density at radius 3 is 2.21 bits per heavy atom. The molecule has 1 saturated carbocycles. The van der Waals surface area contributed by atoms with E-state index in [0.29, 0.717) is 6.10 Å². The molecule has 0 heterocycles. The number of ketones is 1. The molecule has 0 amide bonds. The summed E-state index contributed by atoms with van der Waals surface area (Å²) in [6.07, 6.45) is 5.05. The van der Waals surface area contributed by atoms with Gasteiger partial charge in [0.15, 0.2) is 5.78 Å². The summed E-state index contributed by atoms with van der Waals surface area (Å²) in [6.45, 7) is 7.66. The molecule has 82 valence electrons. The molecule has 0 saturated heterocycles. The highest BCUT2D eigenvalue weighted by atomic mass is 16.5. The van der Waals surface area contributed by atoms with Gasteiger partial charge in [0.2, 0.25) is 0 Å². The molecule has 2 nitrogen and oxygen atoms in total. The van der Waals surface area contributed by atoms with E-state index in [1.807, 2.05) is 27.7 Å². The van der Waals surface area contributed by atoms with Gasteiger partial charge in [-0.2, -0.15) is 0 Å². The summed E-state index contributed by atoms with van der Waals surface area (Å²) in [6, 6.07) is 0. The fraction of sp³-hybridized carbons (Fsp3) is 0.917. The van der Waals surface area contributed by atoms with Crippen molar-refractivity contribution in [3.63, 3.8) is 0 Å². The second kappa shape index (κ2) is 4.43. The average Bonchev–Trinajstić information content (AvgIpc) is 2.54. The highest BCUT2D eigenvalue weighted by Crippen LogP contribution is 2.27. The van der Waals surface area contributed by atoms with Gasteiger partial charge in [-0.25, -0.2) is 0 Å². The molecule has 0 aliphatic heterocycles. The number of carbonyl (C=O) groups excluding carboxylic acids is 1. The molecular formula is C12H22O2. The maximum absolute atomic E-state index is 11.8. The molecule has 0 unspecified atom stereocenters. The van der Waals surface area contributed by atoms with Crippen molar-refractivity contribution in [1.82, 2.24) is 0 Å². The summed E-state index contributed by atoms with van der Waals surface area (Å²) in [5.41, 5.74) is -0.594. The average molecular weight is 198 g/mol. The lowest BCUT2D eigenvalue weighted by molar-refractivity contribution is -0.150. The van der Waals surface area contributed by atoms with Crippen molar-refractivity contribution in [2.24, 2.45) is 5.92 Å². The van der Waals surface area contributed by atoms with Crippen LogP contribution < -0.4 is 0 Å². The maximum atomic E-state index is 11.8. The van der Waals surface area contributed by atoms with Crippen molar-refractivity contribution in [3.8, 4) is 0 Å². The zero-order chi connectivity index (χ0) is 10.8. The topological polar surface area (TPSA) is 26.3 Å². The van der Waals surface area contributed by atoms with Crippen LogP contribution in [0.15, 0.2) is 0 Å². The van der Waals surface area contributed by atoms with E-state index in [0.717, 1.165) is 12.8 Å². The summed E-state index contributed by atoms with van der Waals surface area (Å²) in [7, 11) is 0. The Bertz CT molecular complexity index is 200. The van der Waals surface area contributed by atoms with E-state index in [1.54, 1.807) is 0 Å². The van der Waals surface area contributed by atoms with E-state index in [4.69, 9.17) is 4.74 Å². The third-order valence-electron chi connectivity index (χ3n) is 2.88. The van der Waals surface area contributed by atoms with Crippen LogP contribution in [0.4, 0.5) is 0 Å². The molecule has 0 radical (unpaired) electrons. The predicted octanol–water partition coefficient (Wildman–Crippen LogP) is 2.95. The molecule has 1 aliphatic rings. The van der Waals surface area contributed by atoms with Crippen LogP contribution in [0, 0.1) is 5.92 Å². The third kappa shape index (κ3) is 2.81. The van der Waals surface area contributed by atoms with Crippen molar-refractivity contribution in [1.29, 1.82) is 0 Å². The van der Waals surface area contributed by atoms with E-state index in [1.165, 1.54) is 12.8 Å². The first-order valence-electron chi connectivity index (χ1n) is 5.65. The summed E-state index contributed by atoms with van der Waals surface area (Å²) in [4.78, 5) is 11.8. The van der Waals surface area contributed by atoms with E-state index in [9.17, 15) is 4.79 Å². The quantitative estimate of drug-likeness (QED) is 0.694. The molecule has 0 atom stereocenters. The lowest BCUT2D eigenvalue weighted by Crippen LogP contribution is -2.40. The molecule has 1 aliphatic carbocycles. The molecule has 0 aromatic heterocycles. The normalized spacial score (nSPS) is 19.2. The Kier molecular flexibility index (Phi) is 3.71. The zero-order valence-electron chi connectivity index (χ0n) is 9.80. The van der Waals surface area contributed by atoms with E-state index in [-0.39, 0.29) is 11.7 Å². The highest BCUT2D eigenvalue weighted by Gasteiger charge is 2.33. The molecule has 0 aromatic carbocycles. The van der Waals surface area contributed by atoms with Gasteiger partial charge in [0, 0.05) is 5.92 Å². The highest BCUT2D eigenvalue weighted by molar-refractivity contribution is 5.88. The fourth-order valence-corrected chi connectivity index (χ4v) is 2.18. The molecular weight excluding hydrogens is 176 g/mol. The molecule has 14 heavy (non-hydrogen) atoms. The van der Waals surface area contributed by atoms with Gasteiger partial charge >= 0.3 is 0 Å². The minimum absolute atomic E-state index is 0.0615. The van der Waals surface area contributed by atoms with Crippen LogP contribution in [-0.4, -0.2) is 17.5 Å². The van der Waals surface area contributed by atoms with Crippen molar-refractivity contribution in [2.45, 2.75) is 65.1 Å². The number of carbonyl (C=O) groups is 1. The molecule has 0 bridgehead atoms. The lowest BCUT2D eigenvalue weighted by atomic mass is 9.94. The van der Waals surface area contributed by atoms with Gasteiger partial charge in [-0.3, -0.25) is 4.79 Å². The largest absolute Gasteiger partial charge is 0.365 e. The van der Waals surface area contributed by atoms with Crippen LogP contribution in [-0.2, 0) is 9.53 Å². The maximum Gasteiger partial charge on any atom is 0.166 e. The van der Waals surface area contributed by atoms with Crippen molar-refractivity contribution in [2.75, 3.05) is 0 Å². The van der Waals surface area contributed by atoms with Crippen LogP contribution in [0.25, 0.3) is 0 Å². The molecule has 0 aromatic rings. The summed E-state index contributed by atoms with van der Waals surface area (Å²) >= 11 is 0. The van der Waals surface area contributed by atoms with Gasteiger partial charge in [0.1, 0.15) is 5.60 Å². The van der Waals surface area contributed by atoms with Crippen LogP contribution in [0.3, 0.4) is 0 Å².